The average molecular weight is 300 g/mol. The first kappa shape index (κ1) is 17.1. The molecule has 20 heavy (non-hydrogen) atoms. The Kier molecular flexibility index (Phi) is 6.13. The van der Waals surface area contributed by atoms with Crippen molar-refractivity contribution in [3.63, 3.8) is 0 Å². The van der Waals surface area contributed by atoms with Crippen LogP contribution in [0.25, 0.3) is 0 Å². The zero-order valence-electron chi connectivity index (χ0n) is 12.6. The van der Waals surface area contributed by atoms with Crippen LogP contribution in [-0.2, 0) is 21.3 Å². The van der Waals surface area contributed by atoms with Gasteiger partial charge in [0.05, 0.1) is 17.0 Å². The molecule has 0 fully saturated rings. The highest BCUT2D eigenvalue weighted by molar-refractivity contribution is 7.89. The molecule has 0 spiro atoms. The molecule has 1 aromatic rings. The number of hydrogen-bond donors (Lipinski definition) is 2. The maximum atomic E-state index is 12.5. The molecule has 1 rings (SSSR count). The summed E-state index contributed by atoms with van der Waals surface area (Å²) >= 11 is 0. The fourth-order valence-electron chi connectivity index (χ4n) is 1.98. The normalized spacial score (nSPS) is 12.6. The third-order valence-electron chi connectivity index (χ3n) is 2.74. The lowest BCUT2D eigenvalue weighted by atomic mass is 10.1. The summed E-state index contributed by atoms with van der Waals surface area (Å²) in [5.41, 5.74) is 0.105. The minimum absolute atomic E-state index is 0.307. The zero-order chi connectivity index (χ0) is 15.2. The maximum Gasteiger partial charge on any atom is 0.241 e. The summed E-state index contributed by atoms with van der Waals surface area (Å²) in [6.45, 7) is 7.19. The first-order valence-electron chi connectivity index (χ1n) is 6.64. The maximum absolute atomic E-state index is 12.5. The quantitative estimate of drug-likeness (QED) is 0.763. The van der Waals surface area contributed by atoms with E-state index in [1.807, 2.05) is 19.1 Å². The molecule has 0 amide bonds. The number of ether oxygens (including phenoxy) is 1. The van der Waals surface area contributed by atoms with Crippen LogP contribution in [0, 0.1) is 0 Å². The van der Waals surface area contributed by atoms with Crippen LogP contribution < -0.4 is 10.0 Å². The molecule has 0 saturated carbocycles. The molecule has 5 nitrogen and oxygen atoms in total. The molecule has 0 aliphatic rings. The fraction of sp³-hybridized carbons (Fsp3) is 0.571. The van der Waals surface area contributed by atoms with E-state index in [1.54, 1.807) is 33.1 Å². The summed E-state index contributed by atoms with van der Waals surface area (Å²) in [7, 11) is -2.02. The van der Waals surface area contributed by atoms with E-state index in [1.165, 1.54) is 0 Å². The van der Waals surface area contributed by atoms with Crippen molar-refractivity contribution >= 4 is 10.0 Å². The van der Waals surface area contributed by atoms with E-state index in [9.17, 15) is 8.42 Å². The standard InChI is InChI=1S/C14H24N2O3S/c1-5-15-10-12-8-6-7-9-13(12)20(17,18)16-14(2,3)11-19-4/h6-9,15-16H,5,10-11H2,1-4H3. The highest BCUT2D eigenvalue weighted by Crippen LogP contribution is 2.18. The number of benzene rings is 1. The van der Waals surface area contributed by atoms with Crippen LogP contribution in [0.5, 0.6) is 0 Å². The van der Waals surface area contributed by atoms with E-state index >= 15 is 0 Å². The SMILES string of the molecule is CCNCc1ccccc1S(=O)(=O)NC(C)(C)COC. The van der Waals surface area contributed by atoms with E-state index in [0.717, 1.165) is 12.1 Å². The van der Waals surface area contributed by atoms with Crippen LogP contribution >= 0.6 is 0 Å². The Morgan fingerprint density at radius 1 is 1.25 bits per heavy atom. The highest BCUT2D eigenvalue weighted by Gasteiger charge is 2.27. The lowest BCUT2D eigenvalue weighted by molar-refractivity contribution is 0.141. The lowest BCUT2D eigenvalue weighted by Crippen LogP contribution is -2.46. The molecular formula is C14H24N2O3S. The predicted molar refractivity (Wildman–Crippen MR) is 80.1 cm³/mol. The molecule has 0 heterocycles. The van der Waals surface area contributed by atoms with Crippen LogP contribution in [0.15, 0.2) is 29.2 Å². The monoisotopic (exact) mass is 300 g/mol. The van der Waals surface area contributed by atoms with Gasteiger partial charge in [0.15, 0.2) is 0 Å². The second-order valence-corrected chi connectivity index (χ2v) is 6.96. The van der Waals surface area contributed by atoms with Gasteiger partial charge in [-0.05, 0) is 32.0 Å². The molecule has 114 valence electrons. The number of nitrogens with one attached hydrogen (secondary N) is 2. The third kappa shape index (κ3) is 4.86. The molecule has 0 aliphatic heterocycles. The van der Waals surface area contributed by atoms with Crippen molar-refractivity contribution in [2.45, 2.75) is 37.8 Å². The molecule has 0 aliphatic carbocycles. The Bertz CT molecular complexity index is 527. The van der Waals surface area contributed by atoms with Crippen molar-refractivity contribution < 1.29 is 13.2 Å². The van der Waals surface area contributed by atoms with Crippen molar-refractivity contribution in [2.24, 2.45) is 0 Å². The van der Waals surface area contributed by atoms with Gasteiger partial charge < -0.3 is 10.1 Å². The van der Waals surface area contributed by atoms with Gasteiger partial charge in [-0.1, -0.05) is 25.1 Å². The molecule has 0 bridgehead atoms. The van der Waals surface area contributed by atoms with Crippen LogP contribution in [0.1, 0.15) is 26.3 Å². The Labute approximate surface area is 121 Å². The molecular weight excluding hydrogens is 276 g/mol. The van der Waals surface area contributed by atoms with Gasteiger partial charge in [-0.3, -0.25) is 0 Å². The van der Waals surface area contributed by atoms with Crippen molar-refractivity contribution in [1.29, 1.82) is 0 Å². The Hall–Kier alpha value is -0.950. The Morgan fingerprint density at radius 3 is 2.50 bits per heavy atom. The lowest BCUT2D eigenvalue weighted by Gasteiger charge is -2.25. The molecule has 0 aromatic heterocycles. The van der Waals surface area contributed by atoms with Gasteiger partial charge in [0.1, 0.15) is 0 Å². The van der Waals surface area contributed by atoms with Gasteiger partial charge in [-0.25, -0.2) is 13.1 Å². The average Bonchev–Trinajstić information content (AvgIpc) is 2.35. The minimum atomic E-state index is -3.57. The zero-order valence-corrected chi connectivity index (χ0v) is 13.4. The topological polar surface area (TPSA) is 67.4 Å². The molecule has 0 atom stereocenters. The van der Waals surface area contributed by atoms with Gasteiger partial charge in [0.25, 0.3) is 0 Å². The number of hydrogen-bond acceptors (Lipinski definition) is 4. The molecule has 0 saturated heterocycles. The van der Waals surface area contributed by atoms with Crippen molar-refractivity contribution in [3.05, 3.63) is 29.8 Å². The summed E-state index contributed by atoms with van der Waals surface area (Å²) in [4.78, 5) is 0.310. The largest absolute Gasteiger partial charge is 0.383 e. The molecule has 6 heteroatoms. The first-order valence-corrected chi connectivity index (χ1v) is 8.12. The number of rotatable bonds is 8. The highest BCUT2D eigenvalue weighted by atomic mass is 32.2. The molecule has 0 unspecified atom stereocenters. The minimum Gasteiger partial charge on any atom is -0.383 e. The van der Waals surface area contributed by atoms with E-state index in [-0.39, 0.29) is 0 Å². The van der Waals surface area contributed by atoms with Crippen molar-refractivity contribution in [3.8, 4) is 0 Å². The summed E-state index contributed by atoms with van der Waals surface area (Å²) in [6, 6.07) is 7.01. The second-order valence-electron chi connectivity index (χ2n) is 5.31. The summed E-state index contributed by atoms with van der Waals surface area (Å²) in [5, 5.41) is 3.15. The fourth-order valence-corrected chi connectivity index (χ4v) is 3.62. The van der Waals surface area contributed by atoms with Crippen molar-refractivity contribution in [2.75, 3.05) is 20.3 Å². The van der Waals surface area contributed by atoms with Gasteiger partial charge in [0, 0.05) is 13.7 Å². The van der Waals surface area contributed by atoms with E-state index in [2.05, 4.69) is 10.0 Å². The van der Waals surface area contributed by atoms with Gasteiger partial charge in [-0.15, -0.1) is 0 Å². The Morgan fingerprint density at radius 2 is 1.90 bits per heavy atom. The Balaban J connectivity index is 3.03. The summed E-state index contributed by atoms with van der Waals surface area (Å²) in [5.74, 6) is 0. The number of sulfonamides is 1. The van der Waals surface area contributed by atoms with Gasteiger partial charge in [-0.2, -0.15) is 0 Å². The smallest absolute Gasteiger partial charge is 0.241 e. The molecule has 2 N–H and O–H groups in total. The summed E-state index contributed by atoms with van der Waals surface area (Å²) in [6.07, 6.45) is 0. The third-order valence-corrected chi connectivity index (χ3v) is 4.54. The molecule has 1 aromatic carbocycles. The van der Waals surface area contributed by atoms with Crippen LogP contribution in [-0.4, -0.2) is 34.2 Å². The van der Waals surface area contributed by atoms with Crippen LogP contribution in [0.2, 0.25) is 0 Å². The van der Waals surface area contributed by atoms with E-state index in [4.69, 9.17) is 4.74 Å². The molecule has 0 radical (unpaired) electrons. The second kappa shape index (κ2) is 7.17. The predicted octanol–water partition coefficient (Wildman–Crippen LogP) is 1.50. The number of methoxy groups -OCH3 is 1. The first-order chi connectivity index (χ1) is 9.32. The van der Waals surface area contributed by atoms with E-state index < -0.39 is 15.6 Å². The van der Waals surface area contributed by atoms with Crippen LogP contribution in [0.3, 0.4) is 0 Å². The summed E-state index contributed by atoms with van der Waals surface area (Å²) < 4.78 is 32.8. The van der Waals surface area contributed by atoms with Gasteiger partial charge >= 0.3 is 0 Å². The van der Waals surface area contributed by atoms with Crippen LogP contribution in [0.4, 0.5) is 0 Å². The van der Waals surface area contributed by atoms with Crippen molar-refractivity contribution in [1.82, 2.24) is 10.0 Å². The van der Waals surface area contributed by atoms with Gasteiger partial charge in [0.2, 0.25) is 10.0 Å². The van der Waals surface area contributed by atoms with E-state index in [0.29, 0.717) is 18.0 Å².